The van der Waals surface area contributed by atoms with Crippen LogP contribution in [0.4, 0.5) is 0 Å². The summed E-state index contributed by atoms with van der Waals surface area (Å²) >= 11 is 0. The van der Waals surface area contributed by atoms with Crippen LogP contribution in [0.15, 0.2) is 23.5 Å². The number of hydrogen-bond acceptors (Lipinski definition) is 10. The number of carbonyl (C=O) groups excluding carboxylic acids is 1. The number of esters is 1. The molecule has 144 valence electrons. The summed E-state index contributed by atoms with van der Waals surface area (Å²) in [5, 5.41) is 48.7. The quantitative estimate of drug-likeness (QED) is 0.257. The Hall–Kier alpha value is -1.53. The van der Waals surface area contributed by atoms with E-state index in [1.54, 1.807) is 6.08 Å². The van der Waals surface area contributed by atoms with Gasteiger partial charge in [-0.3, -0.25) is 0 Å². The highest BCUT2D eigenvalue weighted by molar-refractivity contribution is 5.92. The minimum atomic E-state index is -1.58. The fourth-order valence-corrected chi connectivity index (χ4v) is 3.95. The van der Waals surface area contributed by atoms with Gasteiger partial charge in [-0.1, -0.05) is 0 Å². The molecule has 3 heterocycles. The normalized spacial score (nSPS) is 47.0. The maximum atomic E-state index is 11.8. The van der Waals surface area contributed by atoms with Crippen molar-refractivity contribution in [2.45, 2.75) is 43.1 Å². The van der Waals surface area contributed by atoms with Gasteiger partial charge in [0.15, 0.2) is 6.29 Å². The van der Waals surface area contributed by atoms with Crippen LogP contribution >= 0.6 is 0 Å². The van der Waals surface area contributed by atoms with E-state index in [1.807, 2.05) is 0 Å². The van der Waals surface area contributed by atoms with Crippen LogP contribution in [-0.4, -0.2) is 87.8 Å². The molecule has 0 amide bonds. The van der Waals surface area contributed by atoms with E-state index < -0.39 is 61.6 Å². The average molecular weight is 372 g/mol. The van der Waals surface area contributed by atoms with Crippen LogP contribution in [0.25, 0.3) is 0 Å². The van der Waals surface area contributed by atoms with E-state index in [1.165, 1.54) is 6.26 Å². The number of ether oxygens (including phenoxy) is 4. The molecule has 0 saturated carbocycles. The first kappa shape index (κ1) is 17.9. The second-order valence-electron chi connectivity index (χ2n) is 6.73. The van der Waals surface area contributed by atoms with Crippen LogP contribution in [-0.2, 0) is 23.7 Å². The Labute approximate surface area is 147 Å². The van der Waals surface area contributed by atoms with Gasteiger partial charge >= 0.3 is 5.97 Å². The molecule has 0 radical (unpaired) electrons. The summed E-state index contributed by atoms with van der Waals surface area (Å²) in [5.41, 5.74) is 0.904. The summed E-state index contributed by atoms with van der Waals surface area (Å²) in [7, 11) is 0. The van der Waals surface area contributed by atoms with Crippen molar-refractivity contribution in [2.24, 2.45) is 11.8 Å². The van der Waals surface area contributed by atoms with Crippen LogP contribution in [0.3, 0.4) is 0 Å². The Morgan fingerprint density at radius 1 is 1.04 bits per heavy atom. The zero-order chi connectivity index (χ0) is 18.6. The molecule has 1 aliphatic carbocycles. The molecule has 3 aliphatic heterocycles. The summed E-state index contributed by atoms with van der Waals surface area (Å²) in [4.78, 5) is 11.8. The van der Waals surface area contributed by atoms with Crippen molar-refractivity contribution in [3.05, 3.63) is 23.5 Å². The molecule has 10 nitrogen and oxygen atoms in total. The maximum Gasteiger partial charge on any atom is 0.338 e. The molecular weight excluding hydrogens is 352 g/mol. The highest BCUT2D eigenvalue weighted by Gasteiger charge is 2.56. The predicted octanol–water partition coefficient (Wildman–Crippen LogP) is -2.87. The molecule has 0 unspecified atom stereocenters. The van der Waals surface area contributed by atoms with Crippen molar-refractivity contribution in [1.29, 1.82) is 0 Å². The topological polar surface area (TPSA) is 155 Å². The molecular formula is C16H20O10. The summed E-state index contributed by atoms with van der Waals surface area (Å²) in [6.07, 6.45) is -5.84. The molecule has 0 aromatic rings. The Kier molecular flexibility index (Phi) is 4.51. The summed E-state index contributed by atoms with van der Waals surface area (Å²) in [5.74, 6) is -1.42. The zero-order valence-corrected chi connectivity index (χ0v) is 13.5. The van der Waals surface area contributed by atoms with Gasteiger partial charge in [0.05, 0.1) is 31.0 Å². The van der Waals surface area contributed by atoms with Crippen molar-refractivity contribution in [3.8, 4) is 0 Å². The van der Waals surface area contributed by atoms with Gasteiger partial charge in [-0.2, -0.15) is 0 Å². The SMILES string of the molecule is O=C1O[C@H]2C=C(CO)[C@H]3[C@H](O[C@@H]4O[C@H](CO)[C@@H](O)[C@H](O)[C@H]4O)OC=C1[C@@H]32. The minimum Gasteiger partial charge on any atom is -0.471 e. The van der Waals surface area contributed by atoms with Crippen LogP contribution < -0.4 is 0 Å². The number of hydrogen-bond donors (Lipinski definition) is 5. The van der Waals surface area contributed by atoms with E-state index in [4.69, 9.17) is 18.9 Å². The summed E-state index contributed by atoms with van der Waals surface area (Å²) in [6.45, 7) is -0.876. The third kappa shape index (κ3) is 2.57. The number of carbonyl (C=O) groups is 1. The third-order valence-electron chi connectivity index (χ3n) is 5.31. The van der Waals surface area contributed by atoms with E-state index in [2.05, 4.69) is 0 Å². The van der Waals surface area contributed by atoms with Gasteiger partial charge in [0.2, 0.25) is 6.29 Å². The Bertz CT molecular complexity index is 643. The van der Waals surface area contributed by atoms with Gasteiger partial charge in [0.1, 0.15) is 30.5 Å². The van der Waals surface area contributed by atoms with Crippen molar-refractivity contribution in [1.82, 2.24) is 0 Å². The standard InChI is InChI=1S/C16H20O10/c17-2-5-1-7-10-6(14(22)24-7)4-23-15(9(5)10)26-16-13(21)12(20)11(19)8(3-18)25-16/h1,4,7-13,15-21H,2-3H2/t7-,8+,9+,10+,11+,12-,13+,15-,16-/m0/s1. The molecule has 4 rings (SSSR count). The van der Waals surface area contributed by atoms with Gasteiger partial charge in [-0.15, -0.1) is 0 Å². The molecule has 5 N–H and O–H groups in total. The fourth-order valence-electron chi connectivity index (χ4n) is 3.95. The van der Waals surface area contributed by atoms with E-state index in [0.717, 1.165) is 0 Å². The van der Waals surface area contributed by atoms with Gasteiger partial charge in [0.25, 0.3) is 0 Å². The first-order valence-corrected chi connectivity index (χ1v) is 8.30. The molecule has 0 aromatic carbocycles. The van der Waals surface area contributed by atoms with Crippen LogP contribution in [0, 0.1) is 11.8 Å². The average Bonchev–Trinajstić information content (AvgIpc) is 3.16. The van der Waals surface area contributed by atoms with Crippen molar-refractivity contribution < 1.29 is 49.3 Å². The lowest BCUT2D eigenvalue weighted by Gasteiger charge is -2.42. The van der Waals surface area contributed by atoms with Gasteiger partial charge in [-0.05, 0) is 11.6 Å². The van der Waals surface area contributed by atoms with Crippen LogP contribution in [0.5, 0.6) is 0 Å². The first-order chi connectivity index (χ1) is 12.5. The van der Waals surface area contributed by atoms with Crippen molar-refractivity contribution in [3.63, 3.8) is 0 Å². The lowest BCUT2D eigenvalue weighted by atomic mass is 9.84. The highest BCUT2D eigenvalue weighted by atomic mass is 16.8. The summed E-state index contributed by atoms with van der Waals surface area (Å²) in [6, 6.07) is 0. The van der Waals surface area contributed by atoms with Gasteiger partial charge in [0, 0.05) is 5.92 Å². The van der Waals surface area contributed by atoms with Crippen LogP contribution in [0.1, 0.15) is 0 Å². The van der Waals surface area contributed by atoms with E-state index in [-0.39, 0.29) is 12.5 Å². The molecule has 0 spiro atoms. The molecule has 9 atom stereocenters. The predicted molar refractivity (Wildman–Crippen MR) is 79.8 cm³/mol. The second-order valence-corrected chi connectivity index (χ2v) is 6.73. The lowest BCUT2D eigenvalue weighted by Crippen LogP contribution is -2.60. The number of rotatable bonds is 4. The molecule has 26 heavy (non-hydrogen) atoms. The zero-order valence-electron chi connectivity index (χ0n) is 13.5. The lowest BCUT2D eigenvalue weighted by molar-refractivity contribution is -0.339. The smallest absolute Gasteiger partial charge is 0.338 e. The third-order valence-corrected chi connectivity index (χ3v) is 5.31. The maximum absolute atomic E-state index is 11.8. The fraction of sp³-hybridized carbons (Fsp3) is 0.688. The highest BCUT2D eigenvalue weighted by Crippen LogP contribution is 2.48. The van der Waals surface area contributed by atoms with E-state index in [9.17, 15) is 30.3 Å². The van der Waals surface area contributed by atoms with Crippen molar-refractivity contribution in [2.75, 3.05) is 13.2 Å². The molecule has 0 bridgehead atoms. The van der Waals surface area contributed by atoms with Gasteiger partial charge < -0.3 is 44.5 Å². The van der Waals surface area contributed by atoms with Crippen LogP contribution in [0.2, 0.25) is 0 Å². The Morgan fingerprint density at radius 2 is 1.81 bits per heavy atom. The monoisotopic (exact) mass is 372 g/mol. The number of aliphatic hydroxyl groups excluding tert-OH is 5. The molecule has 2 fully saturated rings. The second kappa shape index (κ2) is 6.57. The minimum absolute atomic E-state index is 0.291. The Balaban J connectivity index is 1.56. The largest absolute Gasteiger partial charge is 0.471 e. The van der Waals surface area contributed by atoms with Crippen molar-refractivity contribution >= 4 is 5.97 Å². The van der Waals surface area contributed by atoms with E-state index >= 15 is 0 Å². The number of aliphatic hydroxyl groups is 5. The molecule has 4 aliphatic rings. The Morgan fingerprint density at radius 3 is 2.50 bits per heavy atom. The van der Waals surface area contributed by atoms with Gasteiger partial charge in [-0.25, -0.2) is 4.79 Å². The molecule has 10 heteroatoms. The molecule has 0 aromatic heterocycles. The summed E-state index contributed by atoms with van der Waals surface area (Å²) < 4.78 is 21.7. The molecule has 2 saturated heterocycles. The first-order valence-electron chi connectivity index (χ1n) is 8.30. The van der Waals surface area contributed by atoms with E-state index in [0.29, 0.717) is 11.1 Å².